The Morgan fingerprint density at radius 2 is 1.73 bits per heavy atom. The van der Waals surface area contributed by atoms with E-state index in [1.54, 1.807) is 54.8 Å². The molecule has 1 aromatic carbocycles. The van der Waals surface area contributed by atoms with Gasteiger partial charge in [-0.2, -0.15) is 0 Å². The molecule has 3 aliphatic heterocycles. The second-order valence-electron chi connectivity index (χ2n) is 16.4. The number of esters is 1. The average molecular weight is 783 g/mol. The van der Waals surface area contributed by atoms with Crippen LogP contribution in [0.2, 0.25) is 0 Å². The topological polar surface area (TPSA) is 175 Å². The van der Waals surface area contributed by atoms with E-state index < -0.39 is 83.4 Å². The van der Waals surface area contributed by atoms with E-state index in [1.165, 1.54) is 19.0 Å². The number of nitrogens with one attached hydrogen (secondary N) is 2. The summed E-state index contributed by atoms with van der Waals surface area (Å²) in [6.07, 6.45) is -1.12. The van der Waals surface area contributed by atoms with Crippen LogP contribution in [0.5, 0.6) is 0 Å². The number of pyridine rings is 1. The fourth-order valence-electron chi connectivity index (χ4n) is 9.18. The summed E-state index contributed by atoms with van der Waals surface area (Å²) in [5, 5.41) is 16.8. The van der Waals surface area contributed by atoms with Crippen molar-refractivity contribution < 1.29 is 48.0 Å². The number of ketones is 2. The molecule has 13 atom stereocenters. The molecule has 2 aromatic rings. The van der Waals surface area contributed by atoms with Crippen molar-refractivity contribution in [2.24, 2.45) is 23.7 Å². The number of hydrazine groups is 1. The number of para-hydroxylation sites is 1. The van der Waals surface area contributed by atoms with E-state index in [4.69, 9.17) is 23.7 Å². The lowest BCUT2D eigenvalue weighted by Crippen LogP contribution is -2.61. The summed E-state index contributed by atoms with van der Waals surface area (Å²) in [7, 11) is 3.23. The predicted molar refractivity (Wildman–Crippen MR) is 208 cm³/mol. The zero-order valence-corrected chi connectivity index (χ0v) is 34.6. The molecule has 1 amide bonds. The third kappa shape index (κ3) is 8.65. The standard InChI is InChI=1S/C42H62N4O10/c1-11-32-42(8)36(46(40(51)56-42)45-19-14-15-28-18-20-44-30-17-13-12-16-29(28)30)25(4)33(47)23(2)22-41(7,52-10)37(26(5)34(48)27(6)38(50)54-32)55-39-35(49)31(43-9)21-24(3)53-39/h12-13,16-18,20,23-27,31-32,35-37,39,43,45,49H,11,14-15,19,21-22H2,1-10H3/t23-,24-,25+,26+,27-,31+,32-,35-,36-,37-,39+,41-,42-/m1/s1. The fourth-order valence-corrected chi connectivity index (χ4v) is 9.18. The van der Waals surface area contributed by atoms with Crippen LogP contribution in [0.25, 0.3) is 10.9 Å². The molecular weight excluding hydrogens is 720 g/mol. The number of aromatic nitrogens is 1. The highest BCUT2D eigenvalue weighted by Crippen LogP contribution is 2.42. The smallest absolute Gasteiger partial charge is 0.425 e. The van der Waals surface area contributed by atoms with Gasteiger partial charge in [0, 0.05) is 49.0 Å². The first kappa shape index (κ1) is 43.6. The van der Waals surface area contributed by atoms with Crippen LogP contribution in [0.3, 0.4) is 0 Å². The summed E-state index contributed by atoms with van der Waals surface area (Å²) in [6, 6.07) is 8.70. The van der Waals surface area contributed by atoms with Gasteiger partial charge in [-0.15, -0.1) is 0 Å². The molecule has 0 aliphatic carbocycles. The number of aryl methyl sites for hydroxylation is 1. The minimum absolute atomic E-state index is 0.115. The first-order valence-electron chi connectivity index (χ1n) is 20.1. The monoisotopic (exact) mass is 782 g/mol. The molecule has 0 radical (unpaired) electrons. The third-order valence-corrected chi connectivity index (χ3v) is 12.4. The minimum atomic E-state index is -1.45. The van der Waals surface area contributed by atoms with Gasteiger partial charge in [-0.05, 0) is 84.5 Å². The molecule has 56 heavy (non-hydrogen) atoms. The maximum Gasteiger partial charge on any atom is 0.425 e. The number of carbonyl (C=O) groups is 4. The Bertz CT molecular complexity index is 1720. The highest BCUT2D eigenvalue weighted by Gasteiger charge is 2.61. The summed E-state index contributed by atoms with van der Waals surface area (Å²) >= 11 is 0. The van der Waals surface area contributed by atoms with Gasteiger partial charge in [0.25, 0.3) is 0 Å². The summed E-state index contributed by atoms with van der Waals surface area (Å²) in [6.45, 7) is 14.2. The van der Waals surface area contributed by atoms with Gasteiger partial charge < -0.3 is 34.1 Å². The molecule has 4 heterocycles. The van der Waals surface area contributed by atoms with Crippen LogP contribution in [0.1, 0.15) is 86.6 Å². The number of nitrogens with zero attached hydrogens (tertiary/aromatic N) is 2. The molecule has 0 saturated carbocycles. The zero-order valence-electron chi connectivity index (χ0n) is 34.6. The number of benzene rings is 1. The molecule has 0 spiro atoms. The van der Waals surface area contributed by atoms with Crippen LogP contribution in [0.15, 0.2) is 36.5 Å². The quantitative estimate of drug-likeness (QED) is 0.174. The van der Waals surface area contributed by atoms with E-state index in [1.807, 2.05) is 37.3 Å². The lowest BCUT2D eigenvalue weighted by Gasteiger charge is -2.46. The Kier molecular flexibility index (Phi) is 14.0. The van der Waals surface area contributed by atoms with E-state index in [-0.39, 0.29) is 30.8 Å². The SMILES string of the molecule is CC[C@H]1OC(=O)[C@H](C)C(=O)[C@H](C)[C@@H](O[C@@H]2O[C@H](C)C[C@H](NC)[C@H]2O)[C@](C)(OC)C[C@@H](C)C(=O)[C@H](C)[C@H]2N(NCCCc3ccnc4ccccc34)C(=O)O[C@]12C. The molecule has 3 fully saturated rings. The summed E-state index contributed by atoms with van der Waals surface area (Å²) in [5.74, 6) is -5.09. The number of amides is 1. The number of fused-ring (bicyclic) bond motifs is 2. The van der Waals surface area contributed by atoms with Crippen molar-refractivity contribution >= 4 is 34.5 Å². The first-order chi connectivity index (χ1) is 26.5. The van der Waals surface area contributed by atoms with Crippen LogP contribution >= 0.6 is 0 Å². The lowest BCUT2D eigenvalue weighted by atomic mass is 9.73. The molecular formula is C42H62N4O10. The molecule has 0 bridgehead atoms. The van der Waals surface area contributed by atoms with Gasteiger partial charge in [0.2, 0.25) is 0 Å². The largest absolute Gasteiger partial charge is 0.458 e. The van der Waals surface area contributed by atoms with Gasteiger partial charge in [-0.3, -0.25) is 19.4 Å². The van der Waals surface area contributed by atoms with E-state index in [0.717, 1.165) is 16.5 Å². The number of hydrogen-bond donors (Lipinski definition) is 3. The second-order valence-corrected chi connectivity index (χ2v) is 16.4. The number of methoxy groups -OCH3 is 1. The number of ether oxygens (including phenoxy) is 5. The Labute approximate surface area is 330 Å². The second kappa shape index (κ2) is 17.9. The molecule has 1 aromatic heterocycles. The van der Waals surface area contributed by atoms with Crippen LogP contribution in [-0.4, -0.2) is 113 Å². The number of cyclic esters (lactones) is 1. The van der Waals surface area contributed by atoms with E-state index in [9.17, 15) is 24.3 Å². The van der Waals surface area contributed by atoms with Crippen molar-refractivity contribution in [3.05, 3.63) is 42.1 Å². The number of Topliss-reactive ketones (excluding diaryl/α,β-unsaturated/α-hetero) is 2. The van der Waals surface area contributed by atoms with Gasteiger partial charge in [0.1, 0.15) is 30.0 Å². The van der Waals surface area contributed by atoms with Gasteiger partial charge in [0.05, 0.1) is 23.3 Å². The normalized spacial score (nSPS) is 37.6. The fraction of sp³-hybridized carbons (Fsp3) is 0.690. The van der Waals surface area contributed by atoms with Gasteiger partial charge in [0.15, 0.2) is 17.7 Å². The molecule has 14 heteroatoms. The number of likely N-dealkylation sites (N-methyl/N-ethyl adjacent to an activating group) is 1. The number of carbonyl (C=O) groups excluding carboxylic acids is 4. The molecule has 14 nitrogen and oxygen atoms in total. The van der Waals surface area contributed by atoms with Crippen LogP contribution in [0, 0.1) is 23.7 Å². The summed E-state index contributed by atoms with van der Waals surface area (Å²) in [4.78, 5) is 61.1. The number of hydrogen-bond acceptors (Lipinski definition) is 13. The van der Waals surface area contributed by atoms with E-state index >= 15 is 0 Å². The lowest BCUT2D eigenvalue weighted by molar-refractivity contribution is -0.290. The van der Waals surface area contributed by atoms with E-state index in [2.05, 4.69) is 15.7 Å². The van der Waals surface area contributed by atoms with Crippen molar-refractivity contribution in [1.29, 1.82) is 0 Å². The van der Waals surface area contributed by atoms with Crippen LogP contribution in [0.4, 0.5) is 4.79 Å². The van der Waals surface area contributed by atoms with Gasteiger partial charge >= 0.3 is 12.1 Å². The van der Waals surface area contributed by atoms with E-state index in [0.29, 0.717) is 25.8 Å². The summed E-state index contributed by atoms with van der Waals surface area (Å²) < 4.78 is 31.0. The van der Waals surface area contributed by atoms with Crippen LogP contribution in [-0.2, 0) is 44.5 Å². The molecule has 3 saturated heterocycles. The first-order valence-corrected chi connectivity index (χ1v) is 20.1. The van der Waals surface area contributed by atoms with Gasteiger partial charge in [-0.25, -0.2) is 15.2 Å². The Morgan fingerprint density at radius 3 is 2.41 bits per heavy atom. The minimum Gasteiger partial charge on any atom is -0.458 e. The molecule has 3 N–H and O–H groups in total. The van der Waals surface area contributed by atoms with Crippen molar-refractivity contribution in [3.8, 4) is 0 Å². The highest BCUT2D eigenvalue weighted by atomic mass is 16.7. The molecule has 3 aliphatic rings. The zero-order chi connectivity index (χ0) is 41.1. The van der Waals surface area contributed by atoms with Crippen molar-refractivity contribution in [2.45, 2.75) is 141 Å². The molecule has 5 rings (SSSR count). The number of aliphatic hydroxyl groups excluding tert-OH is 1. The summed E-state index contributed by atoms with van der Waals surface area (Å²) in [5.41, 5.74) is 2.56. The number of rotatable bonds is 10. The highest BCUT2D eigenvalue weighted by molar-refractivity contribution is 6.00. The van der Waals surface area contributed by atoms with Crippen LogP contribution < -0.4 is 10.7 Å². The third-order valence-electron chi connectivity index (χ3n) is 12.4. The molecule has 310 valence electrons. The van der Waals surface area contributed by atoms with Gasteiger partial charge in [-0.1, -0.05) is 45.9 Å². The van der Waals surface area contributed by atoms with Crippen molar-refractivity contribution in [2.75, 3.05) is 20.7 Å². The Balaban J connectivity index is 1.46. The predicted octanol–water partition coefficient (Wildman–Crippen LogP) is 4.53. The molecule has 0 unspecified atom stereocenters. The average Bonchev–Trinajstić information content (AvgIpc) is 3.45. The number of aliphatic hydroxyl groups is 1. The maximum absolute atomic E-state index is 14.7. The maximum atomic E-state index is 14.7. The Hall–Kier alpha value is -3.53. The van der Waals surface area contributed by atoms with Crippen molar-refractivity contribution in [3.63, 3.8) is 0 Å². The van der Waals surface area contributed by atoms with Crippen molar-refractivity contribution in [1.82, 2.24) is 20.7 Å². The Morgan fingerprint density at radius 1 is 1.02 bits per heavy atom.